The van der Waals surface area contributed by atoms with Crippen LogP contribution in [0.15, 0.2) is 103 Å². The highest BCUT2D eigenvalue weighted by atomic mass is 14.9. The van der Waals surface area contributed by atoms with Crippen molar-refractivity contribution in [2.45, 2.75) is 0 Å². The van der Waals surface area contributed by atoms with Crippen molar-refractivity contribution in [1.82, 2.24) is 9.97 Å². The molecule has 0 N–H and O–H groups in total. The van der Waals surface area contributed by atoms with Gasteiger partial charge >= 0.3 is 0 Å². The van der Waals surface area contributed by atoms with E-state index in [0.717, 1.165) is 33.9 Å². The normalized spacial score (nSPS) is 10.9. The molecular weight excluding hydrogens is 351 g/mol. The third kappa shape index (κ3) is 3.55. The van der Waals surface area contributed by atoms with Gasteiger partial charge < -0.3 is 0 Å². The molecule has 2 nitrogen and oxygen atoms in total. The fourth-order valence-corrected chi connectivity index (χ4v) is 3.53. The Balaban J connectivity index is 1.71. The van der Waals surface area contributed by atoms with Gasteiger partial charge in [-0.15, -0.1) is 0 Å². The van der Waals surface area contributed by atoms with Crippen LogP contribution in [0.25, 0.3) is 44.7 Å². The van der Waals surface area contributed by atoms with Gasteiger partial charge in [-0.1, -0.05) is 96.5 Å². The first kappa shape index (κ1) is 17.4. The second-order valence-corrected chi connectivity index (χ2v) is 7.26. The quantitative estimate of drug-likeness (QED) is 0.423. The summed E-state index contributed by atoms with van der Waals surface area (Å²) in [5.41, 5.74) is 6.31. The summed E-state index contributed by atoms with van der Waals surface area (Å²) >= 11 is 0. The molecule has 1 aromatic heterocycles. The summed E-state index contributed by atoms with van der Waals surface area (Å²) in [5.74, 6) is 0.743. The van der Waals surface area contributed by atoms with E-state index in [0.29, 0.717) is 0 Å². The van der Waals surface area contributed by atoms with Crippen LogP contribution in [-0.2, 0) is 0 Å². The standard InChI is InChI=1S/C26H19BN2/c27-23-14-12-20(13-15-23)25-17-24(19-7-2-1-3-8-19)28-26(29-25)22-11-10-18-6-4-5-9-21(18)16-22/h1-17H,27H2. The Morgan fingerprint density at radius 1 is 0.483 bits per heavy atom. The van der Waals surface area contributed by atoms with Gasteiger partial charge in [0, 0.05) is 16.7 Å². The molecule has 0 aliphatic carbocycles. The molecule has 1 heterocycles. The van der Waals surface area contributed by atoms with Crippen LogP contribution < -0.4 is 5.46 Å². The largest absolute Gasteiger partial charge is 0.228 e. The minimum Gasteiger partial charge on any atom is -0.228 e. The van der Waals surface area contributed by atoms with E-state index < -0.39 is 0 Å². The molecular formula is C26H19BN2. The van der Waals surface area contributed by atoms with Gasteiger partial charge in [-0.05, 0) is 22.9 Å². The van der Waals surface area contributed by atoms with Crippen LogP contribution in [0, 0.1) is 0 Å². The average molecular weight is 370 g/mol. The topological polar surface area (TPSA) is 25.8 Å². The molecule has 0 radical (unpaired) electrons. The van der Waals surface area contributed by atoms with E-state index in [2.05, 4.69) is 92.8 Å². The molecule has 0 saturated heterocycles. The lowest BCUT2D eigenvalue weighted by Crippen LogP contribution is -2.00. The second kappa shape index (κ2) is 7.36. The lowest BCUT2D eigenvalue weighted by Gasteiger charge is -2.10. The molecule has 5 aromatic rings. The smallest absolute Gasteiger partial charge is 0.160 e. The number of rotatable bonds is 3. The Kier molecular flexibility index (Phi) is 4.42. The second-order valence-electron chi connectivity index (χ2n) is 7.26. The van der Waals surface area contributed by atoms with E-state index in [1.807, 2.05) is 18.2 Å². The maximum Gasteiger partial charge on any atom is 0.160 e. The maximum absolute atomic E-state index is 4.92. The summed E-state index contributed by atoms with van der Waals surface area (Å²) in [4.78, 5) is 9.84. The Labute approximate surface area is 171 Å². The lowest BCUT2D eigenvalue weighted by molar-refractivity contribution is 1.18. The number of aromatic nitrogens is 2. The van der Waals surface area contributed by atoms with Crippen molar-refractivity contribution in [2.24, 2.45) is 0 Å². The Morgan fingerprint density at radius 2 is 1.07 bits per heavy atom. The van der Waals surface area contributed by atoms with Crippen LogP contribution in [0.1, 0.15) is 0 Å². The number of benzene rings is 4. The third-order valence-electron chi connectivity index (χ3n) is 5.15. The fourth-order valence-electron chi connectivity index (χ4n) is 3.53. The first-order valence-electron chi connectivity index (χ1n) is 9.77. The summed E-state index contributed by atoms with van der Waals surface area (Å²) in [6.07, 6.45) is 0. The molecule has 0 spiro atoms. The Morgan fingerprint density at radius 3 is 1.79 bits per heavy atom. The zero-order valence-electron chi connectivity index (χ0n) is 16.2. The average Bonchev–Trinajstić information content (AvgIpc) is 2.79. The lowest BCUT2D eigenvalue weighted by atomic mass is 9.94. The van der Waals surface area contributed by atoms with Gasteiger partial charge in [-0.25, -0.2) is 9.97 Å². The summed E-state index contributed by atoms with van der Waals surface area (Å²) in [6.45, 7) is 0. The molecule has 0 aliphatic rings. The van der Waals surface area contributed by atoms with Crippen LogP contribution in [0.5, 0.6) is 0 Å². The fraction of sp³-hybridized carbons (Fsp3) is 0. The van der Waals surface area contributed by atoms with Crippen LogP contribution in [0.3, 0.4) is 0 Å². The van der Waals surface area contributed by atoms with Gasteiger partial charge in [0.05, 0.1) is 11.4 Å². The number of hydrogen-bond acceptors (Lipinski definition) is 2. The summed E-state index contributed by atoms with van der Waals surface area (Å²) in [7, 11) is 2.10. The Hall–Kier alpha value is -3.72. The molecule has 4 aromatic carbocycles. The predicted octanol–water partition coefficient (Wildman–Crippen LogP) is 4.89. The summed E-state index contributed by atoms with van der Waals surface area (Å²) < 4.78 is 0. The molecule has 0 unspecified atom stereocenters. The van der Waals surface area contributed by atoms with Crippen molar-refractivity contribution in [3.05, 3.63) is 103 Å². The van der Waals surface area contributed by atoms with E-state index >= 15 is 0 Å². The zero-order valence-corrected chi connectivity index (χ0v) is 16.2. The molecule has 0 amide bonds. The van der Waals surface area contributed by atoms with Crippen molar-refractivity contribution < 1.29 is 0 Å². The minimum absolute atomic E-state index is 0.743. The van der Waals surface area contributed by atoms with Gasteiger partial charge in [0.15, 0.2) is 5.82 Å². The van der Waals surface area contributed by atoms with Gasteiger partial charge in [-0.3, -0.25) is 0 Å². The molecule has 3 heteroatoms. The van der Waals surface area contributed by atoms with Crippen molar-refractivity contribution in [3.8, 4) is 33.9 Å². The summed E-state index contributed by atoms with van der Waals surface area (Å²) in [6, 6.07) is 35.6. The van der Waals surface area contributed by atoms with Gasteiger partial charge in [0.25, 0.3) is 0 Å². The maximum atomic E-state index is 4.92. The minimum atomic E-state index is 0.743. The SMILES string of the molecule is Bc1ccc(-c2cc(-c3ccccc3)nc(-c3ccc4ccccc4c3)n2)cc1. The molecule has 0 bridgehead atoms. The van der Waals surface area contributed by atoms with E-state index in [4.69, 9.17) is 9.97 Å². The number of fused-ring (bicyclic) bond motifs is 1. The van der Waals surface area contributed by atoms with E-state index in [1.54, 1.807) is 0 Å². The van der Waals surface area contributed by atoms with Crippen molar-refractivity contribution in [3.63, 3.8) is 0 Å². The third-order valence-corrected chi connectivity index (χ3v) is 5.15. The van der Waals surface area contributed by atoms with Crippen LogP contribution in [0.4, 0.5) is 0 Å². The summed E-state index contributed by atoms with van der Waals surface area (Å²) in [5, 5.41) is 2.41. The number of nitrogens with zero attached hydrogens (tertiary/aromatic N) is 2. The predicted molar refractivity (Wildman–Crippen MR) is 124 cm³/mol. The molecule has 5 rings (SSSR count). The first-order valence-corrected chi connectivity index (χ1v) is 9.77. The van der Waals surface area contributed by atoms with Gasteiger partial charge in [-0.2, -0.15) is 0 Å². The highest BCUT2D eigenvalue weighted by molar-refractivity contribution is 6.32. The van der Waals surface area contributed by atoms with E-state index in [1.165, 1.54) is 16.2 Å². The van der Waals surface area contributed by atoms with Gasteiger partial charge in [0.2, 0.25) is 0 Å². The zero-order chi connectivity index (χ0) is 19.6. The molecule has 0 atom stereocenters. The van der Waals surface area contributed by atoms with Crippen LogP contribution in [0.2, 0.25) is 0 Å². The van der Waals surface area contributed by atoms with Crippen molar-refractivity contribution in [2.75, 3.05) is 0 Å². The molecule has 0 saturated carbocycles. The van der Waals surface area contributed by atoms with E-state index in [9.17, 15) is 0 Å². The molecule has 0 fully saturated rings. The van der Waals surface area contributed by atoms with Crippen LogP contribution >= 0.6 is 0 Å². The highest BCUT2D eigenvalue weighted by Gasteiger charge is 2.11. The van der Waals surface area contributed by atoms with Crippen LogP contribution in [-0.4, -0.2) is 17.8 Å². The van der Waals surface area contributed by atoms with E-state index in [-0.39, 0.29) is 0 Å². The molecule has 0 aliphatic heterocycles. The highest BCUT2D eigenvalue weighted by Crippen LogP contribution is 2.28. The first-order chi connectivity index (χ1) is 14.3. The van der Waals surface area contributed by atoms with Crippen molar-refractivity contribution in [1.29, 1.82) is 0 Å². The Bertz CT molecular complexity index is 1300. The molecule has 136 valence electrons. The van der Waals surface area contributed by atoms with Gasteiger partial charge in [0.1, 0.15) is 7.85 Å². The monoisotopic (exact) mass is 370 g/mol. The number of hydrogen-bond donors (Lipinski definition) is 0. The van der Waals surface area contributed by atoms with Crippen molar-refractivity contribution >= 4 is 24.1 Å². The molecule has 29 heavy (non-hydrogen) atoms.